The molecule has 106 valence electrons. The fourth-order valence-electron chi connectivity index (χ4n) is 1.75. The second kappa shape index (κ2) is 6.48. The Kier molecular flexibility index (Phi) is 4.69. The maximum atomic E-state index is 13.9. The van der Waals surface area contributed by atoms with Gasteiger partial charge in [0, 0.05) is 24.8 Å². The van der Waals surface area contributed by atoms with Crippen LogP contribution in [0.4, 0.5) is 4.39 Å². The zero-order chi connectivity index (χ0) is 14.5. The van der Waals surface area contributed by atoms with E-state index >= 15 is 0 Å². The summed E-state index contributed by atoms with van der Waals surface area (Å²) >= 11 is 0. The van der Waals surface area contributed by atoms with Gasteiger partial charge in [0.25, 0.3) is 0 Å². The third kappa shape index (κ3) is 3.78. The fourth-order valence-corrected chi connectivity index (χ4v) is 1.75. The number of rotatable bonds is 5. The predicted molar refractivity (Wildman–Crippen MR) is 77.4 cm³/mol. The molecular weight excluding hydrogens is 255 g/mol. The van der Waals surface area contributed by atoms with Gasteiger partial charge < -0.3 is 10.1 Å². The molecule has 1 heterocycles. The van der Waals surface area contributed by atoms with E-state index in [1.165, 1.54) is 0 Å². The van der Waals surface area contributed by atoms with Gasteiger partial charge in [-0.15, -0.1) is 0 Å². The van der Waals surface area contributed by atoms with E-state index in [1.807, 2.05) is 12.1 Å². The van der Waals surface area contributed by atoms with Gasteiger partial charge in [0.2, 0.25) is 5.88 Å². The molecule has 4 heteroatoms. The first kappa shape index (κ1) is 14.5. The lowest BCUT2D eigenvalue weighted by atomic mass is 10.2. The predicted octanol–water partition coefficient (Wildman–Crippen LogP) is 3.82. The van der Waals surface area contributed by atoms with E-state index in [0.29, 0.717) is 17.5 Å². The number of pyridine rings is 1. The van der Waals surface area contributed by atoms with Gasteiger partial charge in [-0.3, -0.25) is 0 Å². The number of hydrogen-bond acceptors (Lipinski definition) is 3. The molecule has 1 aromatic heterocycles. The molecule has 1 N–H and O–H groups in total. The third-order valence-corrected chi connectivity index (χ3v) is 2.88. The third-order valence-electron chi connectivity index (χ3n) is 2.88. The van der Waals surface area contributed by atoms with Gasteiger partial charge in [0.15, 0.2) is 11.6 Å². The molecule has 1 aromatic carbocycles. The summed E-state index contributed by atoms with van der Waals surface area (Å²) in [6.45, 7) is 6.60. The Bertz CT molecular complexity index is 584. The van der Waals surface area contributed by atoms with Crippen LogP contribution in [0.1, 0.15) is 25.0 Å². The van der Waals surface area contributed by atoms with Crippen molar-refractivity contribution in [3.63, 3.8) is 0 Å². The molecule has 20 heavy (non-hydrogen) atoms. The number of ether oxygens (including phenoxy) is 1. The van der Waals surface area contributed by atoms with Gasteiger partial charge >= 0.3 is 0 Å². The van der Waals surface area contributed by atoms with Crippen LogP contribution < -0.4 is 10.1 Å². The number of aryl methyl sites for hydroxylation is 1. The van der Waals surface area contributed by atoms with Crippen molar-refractivity contribution in [2.45, 2.75) is 33.4 Å². The van der Waals surface area contributed by atoms with Crippen LogP contribution in [0.25, 0.3) is 0 Å². The first-order valence-electron chi connectivity index (χ1n) is 6.67. The highest BCUT2D eigenvalue weighted by atomic mass is 19.1. The lowest BCUT2D eigenvalue weighted by molar-refractivity contribution is 0.424. The van der Waals surface area contributed by atoms with E-state index in [2.05, 4.69) is 24.1 Å². The zero-order valence-corrected chi connectivity index (χ0v) is 12.0. The van der Waals surface area contributed by atoms with Crippen LogP contribution >= 0.6 is 0 Å². The fraction of sp³-hybridized carbons (Fsp3) is 0.312. The van der Waals surface area contributed by atoms with Gasteiger partial charge in [-0.1, -0.05) is 26.0 Å². The second-order valence-electron chi connectivity index (χ2n) is 5.03. The van der Waals surface area contributed by atoms with Crippen LogP contribution in [0, 0.1) is 12.7 Å². The minimum Gasteiger partial charge on any atom is -0.436 e. The van der Waals surface area contributed by atoms with Crippen LogP contribution in [0.5, 0.6) is 11.6 Å². The number of benzene rings is 1. The summed E-state index contributed by atoms with van der Waals surface area (Å²) in [7, 11) is 0. The van der Waals surface area contributed by atoms with Crippen LogP contribution in [-0.4, -0.2) is 11.0 Å². The number of nitrogens with zero attached hydrogens (tertiary/aromatic N) is 1. The van der Waals surface area contributed by atoms with Crippen molar-refractivity contribution >= 4 is 0 Å². The average molecular weight is 274 g/mol. The molecule has 0 fully saturated rings. The minimum absolute atomic E-state index is 0.200. The highest BCUT2D eigenvalue weighted by Gasteiger charge is 2.08. The van der Waals surface area contributed by atoms with E-state index in [1.54, 1.807) is 31.3 Å². The lowest BCUT2D eigenvalue weighted by Gasteiger charge is -2.10. The average Bonchev–Trinajstić information content (AvgIpc) is 2.42. The first-order chi connectivity index (χ1) is 9.56. The molecule has 0 bridgehead atoms. The number of aromatic nitrogens is 1. The van der Waals surface area contributed by atoms with E-state index in [4.69, 9.17) is 4.74 Å². The van der Waals surface area contributed by atoms with E-state index in [0.717, 1.165) is 12.1 Å². The van der Waals surface area contributed by atoms with Crippen molar-refractivity contribution in [2.75, 3.05) is 0 Å². The molecule has 0 radical (unpaired) electrons. The van der Waals surface area contributed by atoms with Crippen molar-refractivity contribution in [3.8, 4) is 11.6 Å². The van der Waals surface area contributed by atoms with Gasteiger partial charge in [-0.25, -0.2) is 9.37 Å². The monoisotopic (exact) mass is 274 g/mol. The first-order valence-corrected chi connectivity index (χ1v) is 6.67. The lowest BCUT2D eigenvalue weighted by Crippen LogP contribution is -2.21. The Hall–Kier alpha value is -1.94. The quantitative estimate of drug-likeness (QED) is 0.900. The van der Waals surface area contributed by atoms with Crippen LogP contribution in [0.2, 0.25) is 0 Å². The van der Waals surface area contributed by atoms with Crippen molar-refractivity contribution in [1.29, 1.82) is 0 Å². The molecule has 3 nitrogen and oxygen atoms in total. The Morgan fingerprint density at radius 3 is 2.85 bits per heavy atom. The molecule has 0 saturated heterocycles. The maximum absolute atomic E-state index is 13.9. The summed E-state index contributed by atoms with van der Waals surface area (Å²) in [6, 6.07) is 9.20. The summed E-state index contributed by atoms with van der Waals surface area (Å²) in [5.74, 6) is 0.254. The van der Waals surface area contributed by atoms with Crippen molar-refractivity contribution in [3.05, 3.63) is 53.5 Å². The van der Waals surface area contributed by atoms with Crippen molar-refractivity contribution < 1.29 is 9.13 Å². The van der Waals surface area contributed by atoms with Gasteiger partial charge in [-0.05, 0) is 30.2 Å². The summed E-state index contributed by atoms with van der Waals surface area (Å²) in [5.41, 5.74) is 1.61. The topological polar surface area (TPSA) is 34.1 Å². The Balaban J connectivity index is 2.13. The maximum Gasteiger partial charge on any atom is 0.219 e. The van der Waals surface area contributed by atoms with Crippen LogP contribution in [0.15, 0.2) is 36.5 Å². The van der Waals surface area contributed by atoms with E-state index in [-0.39, 0.29) is 11.6 Å². The highest BCUT2D eigenvalue weighted by molar-refractivity contribution is 5.33. The summed E-state index contributed by atoms with van der Waals surface area (Å²) < 4.78 is 19.4. The van der Waals surface area contributed by atoms with Crippen LogP contribution in [-0.2, 0) is 6.54 Å². The molecular formula is C16H19FN2O. The van der Waals surface area contributed by atoms with Crippen LogP contribution in [0.3, 0.4) is 0 Å². The summed E-state index contributed by atoms with van der Waals surface area (Å²) in [5, 5.41) is 3.32. The SMILES string of the molecule is Cc1cccc(Oc2cc(CNC(C)C)ccn2)c1F. The van der Waals surface area contributed by atoms with Crippen molar-refractivity contribution in [2.24, 2.45) is 0 Å². The molecule has 2 aromatic rings. The van der Waals surface area contributed by atoms with Gasteiger partial charge in [-0.2, -0.15) is 0 Å². The zero-order valence-electron chi connectivity index (χ0n) is 12.0. The van der Waals surface area contributed by atoms with Gasteiger partial charge in [0.05, 0.1) is 0 Å². The smallest absolute Gasteiger partial charge is 0.219 e. The van der Waals surface area contributed by atoms with Crippen molar-refractivity contribution in [1.82, 2.24) is 10.3 Å². The normalized spacial score (nSPS) is 10.8. The minimum atomic E-state index is -0.347. The molecule has 2 rings (SSSR count). The van der Waals surface area contributed by atoms with Gasteiger partial charge in [0.1, 0.15) is 0 Å². The molecule has 0 spiro atoms. The molecule has 0 unspecified atom stereocenters. The Labute approximate surface area is 118 Å². The number of halogens is 1. The number of nitrogens with one attached hydrogen (secondary N) is 1. The number of hydrogen-bond donors (Lipinski definition) is 1. The Morgan fingerprint density at radius 1 is 1.30 bits per heavy atom. The molecule has 0 saturated carbocycles. The van der Waals surface area contributed by atoms with E-state index < -0.39 is 0 Å². The molecule has 0 aliphatic rings. The Morgan fingerprint density at radius 2 is 2.10 bits per heavy atom. The largest absolute Gasteiger partial charge is 0.436 e. The highest BCUT2D eigenvalue weighted by Crippen LogP contribution is 2.25. The second-order valence-corrected chi connectivity index (χ2v) is 5.03. The molecule has 0 amide bonds. The summed E-state index contributed by atoms with van der Waals surface area (Å²) in [4.78, 5) is 4.12. The summed E-state index contributed by atoms with van der Waals surface area (Å²) in [6.07, 6.45) is 1.67. The molecule has 0 aliphatic heterocycles. The standard InChI is InChI=1S/C16H19FN2O/c1-11(2)19-10-13-7-8-18-15(9-13)20-14-6-4-5-12(3)16(14)17/h4-9,11,19H,10H2,1-3H3. The molecule has 0 aliphatic carbocycles. The molecule has 0 atom stereocenters. The van der Waals surface area contributed by atoms with E-state index in [9.17, 15) is 4.39 Å².